The van der Waals surface area contributed by atoms with E-state index in [1.165, 1.54) is 57.8 Å². The fraction of sp³-hybridized carbons (Fsp3) is 0.700. The highest BCUT2D eigenvalue weighted by atomic mass is 16.1. The summed E-state index contributed by atoms with van der Waals surface area (Å²) in [7, 11) is 0. The summed E-state index contributed by atoms with van der Waals surface area (Å²) in [6.45, 7) is 0.569. The molecule has 1 aliphatic carbocycles. The zero-order valence-electron chi connectivity index (χ0n) is 14.8. The zero-order chi connectivity index (χ0) is 17.0. The molecule has 1 aromatic rings. The summed E-state index contributed by atoms with van der Waals surface area (Å²) in [5.41, 5.74) is 0.633. The Balaban J connectivity index is 1.75. The highest BCUT2D eigenvalue weighted by Crippen LogP contribution is 2.17. The molecule has 0 aliphatic heterocycles. The summed E-state index contributed by atoms with van der Waals surface area (Å²) >= 11 is 0. The van der Waals surface area contributed by atoms with Crippen LogP contribution in [0.25, 0.3) is 0 Å². The van der Waals surface area contributed by atoms with Gasteiger partial charge in [0.2, 0.25) is 5.91 Å². The molecule has 0 unspecified atom stereocenters. The van der Waals surface area contributed by atoms with Crippen molar-refractivity contribution >= 4 is 12.2 Å². The number of aldehydes is 1. The molecule has 1 saturated carbocycles. The molecule has 24 heavy (non-hydrogen) atoms. The Morgan fingerprint density at radius 3 is 2.21 bits per heavy atom. The van der Waals surface area contributed by atoms with Gasteiger partial charge in [0.05, 0.1) is 5.69 Å². The second-order valence-electron chi connectivity index (χ2n) is 7.02. The third kappa shape index (κ3) is 6.90. The summed E-state index contributed by atoms with van der Waals surface area (Å²) in [6.07, 6.45) is 17.2. The van der Waals surface area contributed by atoms with E-state index in [0.29, 0.717) is 24.7 Å². The fourth-order valence-electron chi connectivity index (χ4n) is 3.57. The van der Waals surface area contributed by atoms with Crippen LogP contribution in [-0.4, -0.2) is 22.8 Å². The molecule has 4 heteroatoms. The van der Waals surface area contributed by atoms with E-state index in [9.17, 15) is 9.59 Å². The topological polar surface area (TPSA) is 51.1 Å². The Hall–Kier alpha value is -1.58. The first-order chi connectivity index (χ1) is 11.8. The van der Waals surface area contributed by atoms with Crippen LogP contribution >= 0.6 is 0 Å². The lowest BCUT2D eigenvalue weighted by atomic mass is 9.98. The largest absolute Gasteiger partial charge is 0.353 e. The molecular weight excluding hydrogens is 300 g/mol. The molecule has 0 radical (unpaired) electrons. The minimum absolute atomic E-state index is 0.109. The fourth-order valence-corrected chi connectivity index (χ4v) is 3.57. The Morgan fingerprint density at radius 2 is 1.62 bits per heavy atom. The molecule has 0 aromatic carbocycles. The molecule has 0 bridgehead atoms. The molecule has 0 saturated heterocycles. The van der Waals surface area contributed by atoms with Gasteiger partial charge in [-0.1, -0.05) is 57.8 Å². The van der Waals surface area contributed by atoms with Gasteiger partial charge in [-0.2, -0.15) is 0 Å². The zero-order valence-corrected chi connectivity index (χ0v) is 14.8. The Bertz CT molecular complexity index is 484. The Morgan fingerprint density at radius 1 is 1.04 bits per heavy atom. The first-order valence-corrected chi connectivity index (χ1v) is 9.69. The van der Waals surface area contributed by atoms with Crippen LogP contribution in [0.3, 0.4) is 0 Å². The van der Waals surface area contributed by atoms with Crippen LogP contribution in [0.15, 0.2) is 18.3 Å². The van der Waals surface area contributed by atoms with E-state index in [1.54, 1.807) is 6.07 Å². The first kappa shape index (κ1) is 18.8. The van der Waals surface area contributed by atoms with Crippen molar-refractivity contribution in [2.24, 2.45) is 0 Å². The van der Waals surface area contributed by atoms with E-state index >= 15 is 0 Å². The van der Waals surface area contributed by atoms with Gasteiger partial charge in [-0.15, -0.1) is 0 Å². The maximum atomic E-state index is 12.3. The lowest BCUT2D eigenvalue weighted by Gasteiger charge is -2.20. The van der Waals surface area contributed by atoms with Gasteiger partial charge in [-0.05, 0) is 25.0 Å². The molecule has 1 aromatic heterocycles. The lowest BCUT2D eigenvalue weighted by molar-refractivity contribution is -0.122. The molecule has 134 valence electrons. The van der Waals surface area contributed by atoms with Crippen LogP contribution in [-0.2, 0) is 11.3 Å². The van der Waals surface area contributed by atoms with E-state index in [4.69, 9.17) is 0 Å². The summed E-state index contributed by atoms with van der Waals surface area (Å²) in [5.74, 6) is 0.109. The number of nitrogens with zero attached hydrogens (tertiary/aromatic N) is 1. The van der Waals surface area contributed by atoms with E-state index in [-0.39, 0.29) is 5.91 Å². The van der Waals surface area contributed by atoms with Crippen molar-refractivity contribution in [2.45, 2.75) is 89.6 Å². The van der Waals surface area contributed by atoms with E-state index in [2.05, 4.69) is 5.32 Å². The number of rotatable bonds is 5. The number of carbonyl (C=O) groups is 2. The third-order valence-electron chi connectivity index (χ3n) is 5.04. The maximum Gasteiger partial charge on any atom is 0.222 e. The SMILES string of the molecule is O=Cc1cccn1CCC(=O)NC1CCCCCCCCCCC1. The number of hydrogen-bond donors (Lipinski definition) is 1. The minimum atomic E-state index is 0.109. The molecule has 0 atom stereocenters. The van der Waals surface area contributed by atoms with Crippen molar-refractivity contribution in [2.75, 3.05) is 0 Å². The number of aromatic nitrogens is 1. The summed E-state index contributed by atoms with van der Waals surface area (Å²) in [6, 6.07) is 3.94. The smallest absolute Gasteiger partial charge is 0.222 e. The predicted octanol–water partition coefficient (Wildman–Crippen LogP) is 4.48. The summed E-state index contributed by atoms with van der Waals surface area (Å²) < 4.78 is 1.84. The summed E-state index contributed by atoms with van der Waals surface area (Å²) in [5, 5.41) is 3.23. The van der Waals surface area contributed by atoms with Crippen molar-refractivity contribution in [1.82, 2.24) is 9.88 Å². The Kier molecular flexibility index (Phi) is 8.64. The van der Waals surface area contributed by atoms with Gasteiger partial charge in [0.25, 0.3) is 0 Å². The second-order valence-corrected chi connectivity index (χ2v) is 7.02. The van der Waals surface area contributed by atoms with Gasteiger partial charge in [-0.3, -0.25) is 9.59 Å². The molecule has 0 spiro atoms. The van der Waals surface area contributed by atoms with Crippen LogP contribution in [0.5, 0.6) is 0 Å². The van der Waals surface area contributed by atoms with Crippen molar-refractivity contribution in [3.63, 3.8) is 0 Å². The van der Waals surface area contributed by atoms with Gasteiger partial charge in [0.15, 0.2) is 6.29 Å². The standard InChI is InChI=1S/C20H32N2O2/c23-17-19-13-10-15-22(19)16-14-20(24)21-18-11-8-6-4-2-1-3-5-7-9-12-18/h10,13,15,17-18H,1-9,11-12,14,16H2,(H,21,24). The maximum absolute atomic E-state index is 12.3. The molecule has 4 nitrogen and oxygen atoms in total. The number of aryl methyl sites for hydroxylation is 1. The number of carbonyl (C=O) groups excluding carboxylic acids is 2. The van der Waals surface area contributed by atoms with Crippen molar-refractivity contribution < 1.29 is 9.59 Å². The van der Waals surface area contributed by atoms with Gasteiger partial charge >= 0.3 is 0 Å². The molecule has 1 heterocycles. The van der Waals surface area contributed by atoms with Crippen LogP contribution in [0, 0.1) is 0 Å². The second kappa shape index (κ2) is 11.1. The van der Waals surface area contributed by atoms with E-state index in [1.807, 2.05) is 16.8 Å². The van der Waals surface area contributed by atoms with Gasteiger partial charge in [0.1, 0.15) is 0 Å². The van der Waals surface area contributed by atoms with Crippen LogP contribution in [0.1, 0.15) is 87.5 Å². The Labute approximate surface area is 146 Å². The van der Waals surface area contributed by atoms with Crippen molar-refractivity contribution in [1.29, 1.82) is 0 Å². The van der Waals surface area contributed by atoms with Crippen LogP contribution < -0.4 is 5.32 Å². The molecule has 1 N–H and O–H groups in total. The van der Waals surface area contributed by atoms with E-state index < -0.39 is 0 Å². The van der Waals surface area contributed by atoms with Gasteiger partial charge in [-0.25, -0.2) is 0 Å². The number of hydrogen-bond acceptors (Lipinski definition) is 2. The molecular formula is C20H32N2O2. The van der Waals surface area contributed by atoms with Crippen LogP contribution in [0.4, 0.5) is 0 Å². The highest BCUT2D eigenvalue weighted by Gasteiger charge is 2.13. The average molecular weight is 332 g/mol. The van der Waals surface area contributed by atoms with Gasteiger partial charge in [0, 0.05) is 25.2 Å². The molecule has 1 amide bonds. The quantitative estimate of drug-likeness (QED) is 0.808. The van der Waals surface area contributed by atoms with Crippen LogP contribution in [0.2, 0.25) is 0 Å². The number of nitrogens with one attached hydrogen (secondary N) is 1. The van der Waals surface area contributed by atoms with Crippen molar-refractivity contribution in [3.05, 3.63) is 24.0 Å². The normalized spacial score (nSPS) is 18.3. The predicted molar refractivity (Wildman–Crippen MR) is 97.2 cm³/mol. The lowest BCUT2D eigenvalue weighted by Crippen LogP contribution is -2.35. The molecule has 1 fully saturated rings. The van der Waals surface area contributed by atoms with Gasteiger partial charge < -0.3 is 9.88 Å². The monoisotopic (exact) mass is 332 g/mol. The highest BCUT2D eigenvalue weighted by molar-refractivity contribution is 5.76. The molecule has 2 rings (SSSR count). The average Bonchev–Trinajstić information content (AvgIpc) is 3.03. The third-order valence-corrected chi connectivity index (χ3v) is 5.04. The van der Waals surface area contributed by atoms with E-state index in [0.717, 1.165) is 19.1 Å². The number of amides is 1. The first-order valence-electron chi connectivity index (χ1n) is 9.69. The van der Waals surface area contributed by atoms with Crippen molar-refractivity contribution in [3.8, 4) is 0 Å². The molecule has 1 aliphatic rings. The summed E-state index contributed by atoms with van der Waals surface area (Å²) in [4.78, 5) is 23.2. The minimum Gasteiger partial charge on any atom is -0.353 e.